The van der Waals surface area contributed by atoms with Gasteiger partial charge >= 0.3 is 0 Å². The number of nitrogens with one attached hydrogen (secondary N) is 1. The van der Waals surface area contributed by atoms with Gasteiger partial charge < -0.3 is 14.8 Å². The van der Waals surface area contributed by atoms with E-state index in [1.165, 1.54) is 30.6 Å². The molecule has 1 aliphatic carbocycles. The van der Waals surface area contributed by atoms with Gasteiger partial charge in [0.05, 0.1) is 31.2 Å². The number of aliphatic hydroxyl groups excluding tert-OH is 1. The highest BCUT2D eigenvalue weighted by atomic mass is 35.5. The van der Waals surface area contributed by atoms with E-state index in [0.717, 1.165) is 24.0 Å². The third kappa shape index (κ3) is 6.11. The Morgan fingerprint density at radius 2 is 2.18 bits per heavy atom. The Labute approximate surface area is 202 Å². The van der Waals surface area contributed by atoms with Crippen molar-refractivity contribution < 1.29 is 9.84 Å². The molecule has 0 spiro atoms. The zero-order valence-electron chi connectivity index (χ0n) is 18.6. The quantitative estimate of drug-likeness (QED) is 0.310. The zero-order chi connectivity index (χ0) is 23.2. The summed E-state index contributed by atoms with van der Waals surface area (Å²) in [5.41, 5.74) is 1.60. The minimum atomic E-state index is -0.613. The maximum atomic E-state index is 13.1. The second-order valence-corrected chi connectivity index (χ2v) is 9.85. The van der Waals surface area contributed by atoms with E-state index < -0.39 is 6.10 Å². The summed E-state index contributed by atoms with van der Waals surface area (Å²) < 4.78 is 5.44. The van der Waals surface area contributed by atoms with Crippen molar-refractivity contribution in [1.82, 2.24) is 14.9 Å². The molecule has 0 saturated heterocycles. The molecule has 1 fully saturated rings. The first-order chi connectivity index (χ1) is 16.0. The first kappa shape index (κ1) is 24.1. The molecular weight excluding hydrogens is 458 g/mol. The number of aromatic amines is 1. The number of nitrogens with zero attached hydrogens (tertiary/aromatic N) is 2. The van der Waals surface area contributed by atoms with Crippen LogP contribution in [0.25, 0.3) is 21.3 Å². The Morgan fingerprint density at radius 3 is 2.94 bits per heavy atom. The van der Waals surface area contributed by atoms with E-state index in [-0.39, 0.29) is 12.2 Å². The Bertz CT molecular complexity index is 1140. The van der Waals surface area contributed by atoms with Gasteiger partial charge in [0.1, 0.15) is 10.7 Å². The van der Waals surface area contributed by atoms with E-state index in [2.05, 4.69) is 16.5 Å². The van der Waals surface area contributed by atoms with Crippen LogP contribution in [0.3, 0.4) is 0 Å². The van der Waals surface area contributed by atoms with Crippen molar-refractivity contribution in [3.63, 3.8) is 0 Å². The van der Waals surface area contributed by atoms with Gasteiger partial charge in [0.15, 0.2) is 0 Å². The number of rotatable bonds is 10. The topological polar surface area (TPSA) is 78.5 Å². The Hall–Kier alpha value is -2.03. The molecule has 1 aromatic carbocycles. The van der Waals surface area contributed by atoms with Gasteiger partial charge in [-0.15, -0.1) is 17.9 Å². The summed E-state index contributed by atoms with van der Waals surface area (Å²) in [6, 6.07) is 7.86. The Morgan fingerprint density at radius 1 is 1.36 bits per heavy atom. The largest absolute Gasteiger partial charge is 0.389 e. The van der Waals surface area contributed by atoms with Crippen LogP contribution in [0.4, 0.5) is 0 Å². The fourth-order valence-electron chi connectivity index (χ4n) is 4.53. The van der Waals surface area contributed by atoms with E-state index in [4.69, 9.17) is 21.3 Å². The van der Waals surface area contributed by atoms with Gasteiger partial charge in [-0.1, -0.05) is 49.1 Å². The lowest BCUT2D eigenvalue weighted by Gasteiger charge is -2.35. The van der Waals surface area contributed by atoms with Crippen molar-refractivity contribution in [3.8, 4) is 11.1 Å². The van der Waals surface area contributed by atoms with Crippen molar-refractivity contribution in [2.24, 2.45) is 0 Å². The predicted octanol–water partition coefficient (Wildman–Crippen LogP) is 5.00. The molecule has 1 saturated carbocycles. The van der Waals surface area contributed by atoms with Gasteiger partial charge in [0.2, 0.25) is 0 Å². The Balaban J connectivity index is 1.57. The van der Waals surface area contributed by atoms with Crippen molar-refractivity contribution >= 4 is 33.2 Å². The summed E-state index contributed by atoms with van der Waals surface area (Å²) in [5, 5.41) is 13.7. The molecule has 0 unspecified atom stereocenters. The van der Waals surface area contributed by atoms with E-state index in [9.17, 15) is 9.90 Å². The average Bonchev–Trinajstić information content (AvgIpc) is 3.24. The monoisotopic (exact) mass is 487 g/mol. The fourth-order valence-corrected chi connectivity index (χ4v) is 5.69. The third-order valence-corrected chi connectivity index (χ3v) is 7.17. The van der Waals surface area contributed by atoms with Crippen LogP contribution < -0.4 is 5.56 Å². The van der Waals surface area contributed by atoms with Crippen LogP contribution in [0, 0.1) is 0 Å². The SMILES string of the molecule is C=CCOC[C@H](O)CN(Cc1nc2scc(-c3cccc(Cl)c3)c2c(=O)[nH]1)C1CCCCC1. The molecule has 2 aromatic heterocycles. The van der Waals surface area contributed by atoms with Gasteiger partial charge in [0.25, 0.3) is 5.56 Å². The zero-order valence-corrected chi connectivity index (χ0v) is 20.2. The molecule has 176 valence electrons. The van der Waals surface area contributed by atoms with Crippen molar-refractivity contribution in [2.75, 3.05) is 19.8 Å². The second-order valence-electron chi connectivity index (χ2n) is 8.55. The number of H-pyrrole nitrogens is 1. The highest BCUT2D eigenvalue weighted by molar-refractivity contribution is 7.17. The number of ether oxygens (including phenoxy) is 1. The lowest BCUT2D eigenvalue weighted by molar-refractivity contribution is 0.00880. The molecule has 1 atom stereocenters. The van der Waals surface area contributed by atoms with Crippen molar-refractivity contribution in [1.29, 1.82) is 0 Å². The number of aliphatic hydroxyl groups is 1. The molecule has 6 nitrogen and oxygen atoms in total. The smallest absolute Gasteiger partial charge is 0.260 e. The standard InChI is InChI=1S/C25H30ClN3O3S/c1-2-11-32-15-20(30)13-29(19-9-4-3-5-10-19)14-22-27-24(31)23-21(16-33-25(23)28-22)17-7-6-8-18(26)12-17/h2,6-8,12,16,19-20,30H,1,3-5,9-11,13-15H2,(H,27,28,31)/t20-/m1/s1. The molecule has 0 radical (unpaired) electrons. The highest BCUT2D eigenvalue weighted by Crippen LogP contribution is 2.32. The van der Waals surface area contributed by atoms with E-state index >= 15 is 0 Å². The maximum Gasteiger partial charge on any atom is 0.260 e. The molecule has 0 aliphatic heterocycles. The number of hydrogen-bond acceptors (Lipinski definition) is 6. The van der Waals surface area contributed by atoms with Crippen molar-refractivity contribution in [3.05, 3.63) is 63.5 Å². The van der Waals surface area contributed by atoms with E-state index in [0.29, 0.717) is 46.8 Å². The summed E-state index contributed by atoms with van der Waals surface area (Å²) in [7, 11) is 0. The molecular formula is C25H30ClN3O3S. The lowest BCUT2D eigenvalue weighted by atomic mass is 9.94. The molecule has 4 rings (SSSR count). The second kappa shape index (κ2) is 11.4. The van der Waals surface area contributed by atoms with E-state index in [1.807, 2.05) is 29.6 Å². The third-order valence-electron chi connectivity index (χ3n) is 6.06. The van der Waals surface area contributed by atoms with Crippen LogP contribution >= 0.6 is 22.9 Å². The molecule has 3 aromatic rings. The predicted molar refractivity (Wildman–Crippen MR) is 135 cm³/mol. The minimum absolute atomic E-state index is 0.148. The van der Waals surface area contributed by atoms with Gasteiger partial charge in [-0.2, -0.15) is 0 Å². The molecule has 1 aliphatic rings. The summed E-state index contributed by atoms with van der Waals surface area (Å²) in [5.74, 6) is 0.622. The molecule has 2 heterocycles. The number of aromatic nitrogens is 2. The number of halogens is 1. The summed E-state index contributed by atoms with van der Waals surface area (Å²) in [4.78, 5) is 23.8. The minimum Gasteiger partial charge on any atom is -0.389 e. The first-order valence-corrected chi connectivity index (χ1v) is 12.7. The molecule has 0 amide bonds. The highest BCUT2D eigenvalue weighted by Gasteiger charge is 2.25. The van der Waals surface area contributed by atoms with Crippen LogP contribution in [-0.2, 0) is 11.3 Å². The molecule has 33 heavy (non-hydrogen) atoms. The van der Waals surface area contributed by atoms with Gasteiger partial charge in [-0.3, -0.25) is 9.69 Å². The Kier molecular flexibility index (Phi) is 8.33. The van der Waals surface area contributed by atoms with Crippen LogP contribution in [0.2, 0.25) is 5.02 Å². The number of benzene rings is 1. The van der Waals surface area contributed by atoms with Crippen LogP contribution in [0.15, 0.2) is 47.1 Å². The molecule has 2 N–H and O–H groups in total. The van der Waals surface area contributed by atoms with Gasteiger partial charge in [0, 0.05) is 28.6 Å². The number of thiophene rings is 1. The van der Waals surface area contributed by atoms with Crippen LogP contribution in [0.5, 0.6) is 0 Å². The van der Waals surface area contributed by atoms with Gasteiger partial charge in [-0.25, -0.2) is 4.98 Å². The normalized spacial score (nSPS) is 15.8. The lowest BCUT2D eigenvalue weighted by Crippen LogP contribution is -2.43. The first-order valence-electron chi connectivity index (χ1n) is 11.4. The van der Waals surface area contributed by atoms with E-state index in [1.54, 1.807) is 6.08 Å². The van der Waals surface area contributed by atoms with Crippen LogP contribution in [-0.4, -0.2) is 51.9 Å². The maximum absolute atomic E-state index is 13.1. The average molecular weight is 488 g/mol. The van der Waals surface area contributed by atoms with Crippen molar-refractivity contribution in [2.45, 2.75) is 50.8 Å². The molecule has 0 bridgehead atoms. The number of hydrogen-bond donors (Lipinski definition) is 2. The fraction of sp³-hybridized carbons (Fsp3) is 0.440. The summed E-state index contributed by atoms with van der Waals surface area (Å²) >= 11 is 7.61. The van der Waals surface area contributed by atoms with Gasteiger partial charge in [-0.05, 0) is 30.5 Å². The number of fused-ring (bicyclic) bond motifs is 1. The summed E-state index contributed by atoms with van der Waals surface area (Å²) in [6.45, 7) is 5.27. The summed E-state index contributed by atoms with van der Waals surface area (Å²) in [6.07, 6.45) is 6.85. The molecule has 8 heteroatoms. The van der Waals surface area contributed by atoms with Crippen LogP contribution in [0.1, 0.15) is 37.9 Å².